The van der Waals surface area contributed by atoms with Gasteiger partial charge >= 0.3 is 0 Å². The molecule has 0 saturated heterocycles. The van der Waals surface area contributed by atoms with E-state index in [2.05, 4.69) is 15.9 Å². The fraction of sp³-hybridized carbons (Fsp3) is 0.200. The Hall–Kier alpha value is -0.570. The highest BCUT2D eigenvalue weighted by Crippen LogP contribution is 2.37. The Balaban J connectivity index is 2.52. The molecule has 1 unspecified atom stereocenters. The summed E-state index contributed by atoms with van der Waals surface area (Å²) in [7, 11) is 0. The van der Waals surface area contributed by atoms with E-state index in [0.717, 1.165) is 21.2 Å². The minimum Gasteiger partial charge on any atom is -0.207 e. The zero-order valence-electron chi connectivity index (χ0n) is 10.5. The standard InChI is InChI=1S/C15H12BrCl2F/c1-8-5-11(13(17)6-9(8)2)15(18)12-7-10(16)3-4-14(12)19/h3-7,15H,1-2H3. The van der Waals surface area contributed by atoms with E-state index >= 15 is 0 Å². The van der Waals surface area contributed by atoms with E-state index < -0.39 is 5.38 Å². The first-order valence-corrected chi connectivity index (χ1v) is 7.36. The lowest BCUT2D eigenvalue weighted by Gasteiger charge is -2.15. The molecule has 2 aromatic carbocycles. The molecule has 0 aromatic heterocycles. The zero-order valence-corrected chi connectivity index (χ0v) is 13.6. The Morgan fingerprint density at radius 2 is 1.68 bits per heavy atom. The van der Waals surface area contributed by atoms with Crippen LogP contribution in [0.25, 0.3) is 0 Å². The maximum Gasteiger partial charge on any atom is 0.128 e. The van der Waals surface area contributed by atoms with Gasteiger partial charge in [-0.1, -0.05) is 33.6 Å². The molecule has 0 fully saturated rings. The lowest BCUT2D eigenvalue weighted by Crippen LogP contribution is -1.99. The molecule has 100 valence electrons. The fourth-order valence-corrected chi connectivity index (χ4v) is 2.98. The number of hydrogen-bond donors (Lipinski definition) is 0. The highest BCUT2D eigenvalue weighted by molar-refractivity contribution is 9.10. The van der Waals surface area contributed by atoms with Crippen LogP contribution in [-0.2, 0) is 0 Å². The summed E-state index contributed by atoms with van der Waals surface area (Å²) in [5.74, 6) is -0.336. The van der Waals surface area contributed by atoms with E-state index in [1.54, 1.807) is 12.1 Å². The summed E-state index contributed by atoms with van der Waals surface area (Å²) in [5.41, 5.74) is 3.32. The van der Waals surface area contributed by atoms with E-state index in [4.69, 9.17) is 23.2 Å². The first-order valence-electron chi connectivity index (χ1n) is 5.76. The van der Waals surface area contributed by atoms with Gasteiger partial charge in [-0.25, -0.2) is 4.39 Å². The van der Waals surface area contributed by atoms with Crippen LogP contribution in [0.3, 0.4) is 0 Å². The van der Waals surface area contributed by atoms with Gasteiger partial charge in [0.05, 0.1) is 5.38 Å². The smallest absolute Gasteiger partial charge is 0.128 e. The molecule has 0 saturated carbocycles. The van der Waals surface area contributed by atoms with Gasteiger partial charge < -0.3 is 0 Å². The third-order valence-electron chi connectivity index (χ3n) is 3.12. The molecule has 0 N–H and O–H groups in total. The van der Waals surface area contributed by atoms with Crippen LogP contribution in [0.1, 0.15) is 27.6 Å². The maximum absolute atomic E-state index is 13.9. The number of alkyl halides is 1. The molecule has 19 heavy (non-hydrogen) atoms. The molecule has 2 rings (SSSR count). The summed E-state index contributed by atoms with van der Waals surface area (Å²) in [6, 6.07) is 8.49. The number of benzene rings is 2. The van der Waals surface area contributed by atoms with E-state index in [1.165, 1.54) is 6.07 Å². The fourth-order valence-electron chi connectivity index (χ4n) is 1.87. The summed E-state index contributed by atoms with van der Waals surface area (Å²) in [6.45, 7) is 3.96. The second kappa shape index (κ2) is 5.82. The number of halogens is 4. The van der Waals surface area contributed by atoms with Crippen molar-refractivity contribution in [2.75, 3.05) is 0 Å². The van der Waals surface area contributed by atoms with Gasteiger partial charge in [-0.2, -0.15) is 0 Å². The Bertz CT molecular complexity index is 626. The van der Waals surface area contributed by atoms with Crippen LogP contribution in [0.4, 0.5) is 4.39 Å². The van der Waals surface area contributed by atoms with Crippen molar-refractivity contribution in [3.05, 3.63) is 67.9 Å². The SMILES string of the molecule is Cc1cc(Cl)c(C(Cl)c2cc(Br)ccc2F)cc1C. The average molecular weight is 362 g/mol. The molecule has 0 radical (unpaired) electrons. The Kier molecular flexibility index (Phi) is 4.54. The van der Waals surface area contributed by atoms with Crippen LogP contribution in [0.5, 0.6) is 0 Å². The molecule has 0 heterocycles. The quantitative estimate of drug-likeness (QED) is 0.559. The molecule has 4 heteroatoms. The molecule has 0 aliphatic carbocycles. The van der Waals surface area contributed by atoms with Crippen molar-refractivity contribution >= 4 is 39.1 Å². The molecule has 0 aliphatic rings. The first-order chi connectivity index (χ1) is 8.90. The van der Waals surface area contributed by atoms with Gasteiger partial charge in [0.1, 0.15) is 5.82 Å². The van der Waals surface area contributed by atoms with Crippen LogP contribution in [0, 0.1) is 19.7 Å². The van der Waals surface area contributed by atoms with Crippen molar-refractivity contribution in [3.8, 4) is 0 Å². The number of aryl methyl sites for hydroxylation is 2. The zero-order chi connectivity index (χ0) is 14.2. The summed E-state index contributed by atoms with van der Waals surface area (Å²) in [4.78, 5) is 0. The Morgan fingerprint density at radius 1 is 1.05 bits per heavy atom. The number of hydrogen-bond acceptors (Lipinski definition) is 0. The Labute approximate surface area is 130 Å². The van der Waals surface area contributed by atoms with Crippen LogP contribution in [0.2, 0.25) is 5.02 Å². The summed E-state index contributed by atoms with van der Waals surface area (Å²) >= 11 is 15.9. The van der Waals surface area contributed by atoms with E-state index in [1.807, 2.05) is 26.0 Å². The van der Waals surface area contributed by atoms with Crippen LogP contribution in [-0.4, -0.2) is 0 Å². The summed E-state index contributed by atoms with van der Waals surface area (Å²) in [5, 5.41) is -0.0493. The highest BCUT2D eigenvalue weighted by atomic mass is 79.9. The molecule has 0 bridgehead atoms. The predicted octanol–water partition coefficient (Wildman–Crippen LogP) is 6.19. The first kappa shape index (κ1) is 14.8. The van der Waals surface area contributed by atoms with E-state index in [-0.39, 0.29) is 5.82 Å². The maximum atomic E-state index is 13.9. The van der Waals surface area contributed by atoms with Gasteiger partial charge in [0, 0.05) is 15.1 Å². The second-order valence-corrected chi connectivity index (χ2v) is 6.25. The third-order valence-corrected chi connectivity index (χ3v) is 4.41. The van der Waals surface area contributed by atoms with Crippen LogP contribution < -0.4 is 0 Å². The van der Waals surface area contributed by atoms with Crippen molar-refractivity contribution in [2.24, 2.45) is 0 Å². The third kappa shape index (κ3) is 3.13. The molecule has 0 aliphatic heterocycles. The van der Waals surface area contributed by atoms with Gasteiger partial charge in [-0.3, -0.25) is 0 Å². The van der Waals surface area contributed by atoms with Gasteiger partial charge in [0.2, 0.25) is 0 Å². The van der Waals surface area contributed by atoms with E-state index in [0.29, 0.717) is 10.6 Å². The summed E-state index contributed by atoms with van der Waals surface area (Å²) < 4.78 is 14.7. The van der Waals surface area contributed by atoms with Gasteiger partial charge in [0.25, 0.3) is 0 Å². The lowest BCUT2D eigenvalue weighted by molar-refractivity contribution is 0.612. The highest BCUT2D eigenvalue weighted by Gasteiger charge is 2.19. The molecular formula is C15H12BrCl2F. The van der Waals surface area contributed by atoms with Crippen molar-refractivity contribution in [1.29, 1.82) is 0 Å². The average Bonchev–Trinajstić information content (AvgIpc) is 2.36. The van der Waals surface area contributed by atoms with Crippen molar-refractivity contribution < 1.29 is 4.39 Å². The van der Waals surface area contributed by atoms with Crippen molar-refractivity contribution in [2.45, 2.75) is 19.2 Å². The molecule has 0 nitrogen and oxygen atoms in total. The molecule has 2 aromatic rings. The molecule has 0 spiro atoms. The summed E-state index contributed by atoms with van der Waals surface area (Å²) in [6.07, 6.45) is 0. The second-order valence-electron chi connectivity index (χ2n) is 4.49. The topological polar surface area (TPSA) is 0 Å². The molecular weight excluding hydrogens is 350 g/mol. The minimum atomic E-state index is -0.607. The van der Waals surface area contributed by atoms with E-state index in [9.17, 15) is 4.39 Å². The number of rotatable bonds is 2. The minimum absolute atomic E-state index is 0.336. The van der Waals surface area contributed by atoms with Crippen LogP contribution in [0.15, 0.2) is 34.8 Å². The van der Waals surface area contributed by atoms with Crippen LogP contribution >= 0.6 is 39.1 Å². The van der Waals surface area contributed by atoms with Crippen molar-refractivity contribution in [3.63, 3.8) is 0 Å². The lowest BCUT2D eigenvalue weighted by atomic mass is 9.99. The van der Waals surface area contributed by atoms with Gasteiger partial charge in [0.15, 0.2) is 0 Å². The van der Waals surface area contributed by atoms with Gasteiger partial charge in [-0.15, -0.1) is 11.6 Å². The normalized spacial score (nSPS) is 12.5. The van der Waals surface area contributed by atoms with Crippen molar-refractivity contribution in [1.82, 2.24) is 0 Å². The van der Waals surface area contributed by atoms with Gasteiger partial charge in [-0.05, 0) is 54.8 Å². The molecule has 0 amide bonds. The molecule has 1 atom stereocenters. The largest absolute Gasteiger partial charge is 0.207 e. The monoisotopic (exact) mass is 360 g/mol. The Morgan fingerprint density at radius 3 is 2.37 bits per heavy atom. The predicted molar refractivity (Wildman–Crippen MR) is 82.7 cm³/mol.